The summed E-state index contributed by atoms with van der Waals surface area (Å²) in [5, 5.41) is 3.57. The van der Waals surface area contributed by atoms with E-state index in [1.165, 1.54) is 5.56 Å². The largest absolute Gasteiger partial charge is 0.486 e. The summed E-state index contributed by atoms with van der Waals surface area (Å²) in [5.41, 5.74) is 6.86. The van der Waals surface area contributed by atoms with Gasteiger partial charge in [0.1, 0.15) is 13.2 Å². The zero-order chi connectivity index (χ0) is 22.2. The second-order valence-corrected chi connectivity index (χ2v) is 8.48. The van der Waals surface area contributed by atoms with Gasteiger partial charge >= 0.3 is 0 Å². The van der Waals surface area contributed by atoms with Crippen molar-refractivity contribution in [2.75, 3.05) is 39.4 Å². The molecule has 8 nitrogen and oxygen atoms in total. The number of likely N-dealkylation sites (tertiary alicyclic amines) is 2. The lowest BCUT2D eigenvalue weighted by Gasteiger charge is -2.32. The van der Waals surface area contributed by atoms with E-state index in [2.05, 4.69) is 11.4 Å². The van der Waals surface area contributed by atoms with Gasteiger partial charge in [-0.3, -0.25) is 9.59 Å². The zero-order valence-electron chi connectivity index (χ0n) is 18.8. The van der Waals surface area contributed by atoms with Crippen LogP contribution >= 0.6 is 0 Å². The van der Waals surface area contributed by atoms with Gasteiger partial charge in [0.15, 0.2) is 11.5 Å². The smallest absolute Gasteiger partial charge is 0.219 e. The number of nitrogens with zero attached hydrogens (tertiary/aromatic N) is 2. The third-order valence-electron chi connectivity index (χ3n) is 6.13. The third-order valence-corrected chi connectivity index (χ3v) is 6.13. The highest BCUT2D eigenvalue weighted by Gasteiger charge is 2.20. The maximum atomic E-state index is 11.3. The number of nitrogens with one attached hydrogen (secondary N) is 1. The van der Waals surface area contributed by atoms with Crippen LogP contribution in [0.5, 0.6) is 11.5 Å². The molecule has 2 amide bonds. The van der Waals surface area contributed by atoms with Crippen molar-refractivity contribution in [3.05, 3.63) is 23.8 Å². The SMILES string of the molecule is CC(=O)N1CCC(N)CC1.CC(=O)N1CCC(NCc2ccc3c(c2)OCCO3)CC1. The Kier molecular flexibility index (Phi) is 8.54. The van der Waals surface area contributed by atoms with Crippen molar-refractivity contribution in [3.63, 3.8) is 0 Å². The Bertz CT molecular complexity index is 741. The first-order chi connectivity index (χ1) is 14.9. The molecule has 0 aliphatic carbocycles. The summed E-state index contributed by atoms with van der Waals surface area (Å²) in [4.78, 5) is 25.9. The summed E-state index contributed by atoms with van der Waals surface area (Å²) < 4.78 is 11.1. The number of hydrogen-bond acceptors (Lipinski definition) is 6. The van der Waals surface area contributed by atoms with Crippen LogP contribution in [0.2, 0.25) is 0 Å². The molecule has 0 spiro atoms. The number of fused-ring (bicyclic) bond motifs is 1. The van der Waals surface area contributed by atoms with Gasteiger partial charge in [-0.15, -0.1) is 0 Å². The number of rotatable bonds is 3. The number of carbonyl (C=O) groups is 2. The molecule has 0 bridgehead atoms. The average molecular weight is 433 g/mol. The van der Waals surface area contributed by atoms with E-state index in [9.17, 15) is 9.59 Å². The van der Waals surface area contributed by atoms with E-state index in [1.807, 2.05) is 21.9 Å². The summed E-state index contributed by atoms with van der Waals surface area (Å²) >= 11 is 0. The summed E-state index contributed by atoms with van der Waals surface area (Å²) in [7, 11) is 0. The first-order valence-electron chi connectivity index (χ1n) is 11.3. The second kappa shape index (κ2) is 11.3. The van der Waals surface area contributed by atoms with Crippen molar-refractivity contribution < 1.29 is 19.1 Å². The van der Waals surface area contributed by atoms with E-state index < -0.39 is 0 Å². The van der Waals surface area contributed by atoms with E-state index in [0.717, 1.165) is 69.9 Å². The van der Waals surface area contributed by atoms with Crippen molar-refractivity contribution in [1.29, 1.82) is 0 Å². The molecule has 0 saturated carbocycles. The van der Waals surface area contributed by atoms with Gasteiger partial charge in [0.05, 0.1) is 0 Å². The number of hydrogen-bond donors (Lipinski definition) is 2. The number of amides is 2. The van der Waals surface area contributed by atoms with Crippen LogP contribution in [0.15, 0.2) is 18.2 Å². The first kappa shape index (κ1) is 23.3. The van der Waals surface area contributed by atoms with Gasteiger partial charge in [-0.05, 0) is 43.4 Å². The molecule has 0 radical (unpaired) electrons. The molecule has 1 aromatic rings. The lowest BCUT2D eigenvalue weighted by molar-refractivity contribution is -0.130. The van der Waals surface area contributed by atoms with Crippen LogP contribution in [0.3, 0.4) is 0 Å². The van der Waals surface area contributed by atoms with Gasteiger partial charge in [-0.2, -0.15) is 0 Å². The average Bonchev–Trinajstić information content (AvgIpc) is 2.78. The van der Waals surface area contributed by atoms with Crippen LogP contribution in [0, 0.1) is 0 Å². The molecule has 31 heavy (non-hydrogen) atoms. The molecule has 4 rings (SSSR count). The maximum Gasteiger partial charge on any atom is 0.219 e. The van der Waals surface area contributed by atoms with Gasteiger partial charge in [-0.1, -0.05) is 6.07 Å². The highest BCUT2D eigenvalue weighted by Crippen LogP contribution is 2.30. The number of carbonyl (C=O) groups excluding carboxylic acids is 2. The van der Waals surface area contributed by atoms with Crippen LogP contribution in [0.4, 0.5) is 0 Å². The minimum Gasteiger partial charge on any atom is -0.486 e. The standard InChI is InChI=1S/C16H22N2O3.C7H14N2O/c1-12(19)18-6-4-14(5-7-18)17-11-13-2-3-15-16(10-13)21-9-8-20-15;1-6(10)9-4-2-7(8)3-5-9/h2-3,10,14,17H,4-9,11H2,1H3;7H,2-5,8H2,1H3. The van der Waals surface area contributed by atoms with Crippen LogP contribution in [0.25, 0.3) is 0 Å². The fraction of sp³-hybridized carbons (Fsp3) is 0.652. The van der Waals surface area contributed by atoms with Crippen LogP contribution in [-0.2, 0) is 16.1 Å². The fourth-order valence-corrected chi connectivity index (χ4v) is 4.07. The molecule has 3 aliphatic rings. The van der Waals surface area contributed by atoms with Crippen LogP contribution < -0.4 is 20.5 Å². The first-order valence-corrected chi connectivity index (χ1v) is 11.3. The lowest BCUT2D eigenvalue weighted by Crippen LogP contribution is -2.43. The molecule has 3 aliphatic heterocycles. The zero-order valence-corrected chi connectivity index (χ0v) is 18.8. The fourth-order valence-electron chi connectivity index (χ4n) is 4.07. The summed E-state index contributed by atoms with van der Waals surface area (Å²) in [5.74, 6) is 2.03. The van der Waals surface area contributed by atoms with Crippen LogP contribution in [-0.4, -0.2) is 73.1 Å². The second-order valence-electron chi connectivity index (χ2n) is 8.48. The predicted molar refractivity (Wildman–Crippen MR) is 119 cm³/mol. The van der Waals surface area contributed by atoms with Crippen LogP contribution in [0.1, 0.15) is 45.1 Å². The summed E-state index contributed by atoms with van der Waals surface area (Å²) in [6.07, 6.45) is 3.95. The molecule has 0 aromatic heterocycles. The van der Waals surface area contributed by atoms with Crippen molar-refractivity contribution in [2.24, 2.45) is 5.73 Å². The molecule has 0 unspecified atom stereocenters. The lowest BCUT2D eigenvalue weighted by atomic mass is 10.0. The quantitative estimate of drug-likeness (QED) is 0.752. The predicted octanol–water partition coefficient (Wildman–Crippen LogP) is 1.51. The molecular weight excluding hydrogens is 396 g/mol. The van der Waals surface area contributed by atoms with E-state index >= 15 is 0 Å². The normalized spacial score (nSPS) is 19.5. The van der Waals surface area contributed by atoms with Crippen molar-refractivity contribution in [1.82, 2.24) is 15.1 Å². The van der Waals surface area contributed by atoms with E-state index in [0.29, 0.717) is 25.3 Å². The van der Waals surface area contributed by atoms with Crippen molar-refractivity contribution >= 4 is 11.8 Å². The highest BCUT2D eigenvalue weighted by molar-refractivity contribution is 5.73. The number of ether oxygens (including phenoxy) is 2. The van der Waals surface area contributed by atoms with E-state index in [-0.39, 0.29) is 11.8 Å². The molecule has 8 heteroatoms. The van der Waals surface area contributed by atoms with E-state index in [4.69, 9.17) is 15.2 Å². The van der Waals surface area contributed by atoms with Crippen molar-refractivity contribution in [3.8, 4) is 11.5 Å². The maximum absolute atomic E-state index is 11.3. The Morgan fingerprint density at radius 2 is 1.48 bits per heavy atom. The Hall–Kier alpha value is -2.32. The Labute approximate surface area is 185 Å². The van der Waals surface area contributed by atoms with Gasteiger partial charge in [0.2, 0.25) is 11.8 Å². The van der Waals surface area contributed by atoms with Gasteiger partial charge in [0.25, 0.3) is 0 Å². The molecule has 1 aromatic carbocycles. The van der Waals surface area contributed by atoms with Gasteiger partial charge in [0, 0.05) is 58.7 Å². The highest BCUT2D eigenvalue weighted by atomic mass is 16.6. The number of benzene rings is 1. The molecule has 2 fully saturated rings. The molecule has 3 N–H and O–H groups in total. The Balaban J connectivity index is 0.000000229. The minimum absolute atomic E-state index is 0.173. The summed E-state index contributed by atoms with van der Waals surface area (Å²) in [6.45, 7) is 8.71. The molecule has 2 saturated heterocycles. The Morgan fingerprint density at radius 3 is 2.06 bits per heavy atom. The molecule has 172 valence electrons. The molecule has 0 atom stereocenters. The summed E-state index contributed by atoms with van der Waals surface area (Å²) in [6, 6.07) is 6.89. The molecule has 3 heterocycles. The van der Waals surface area contributed by atoms with Gasteiger partial charge < -0.3 is 30.3 Å². The third kappa shape index (κ3) is 7.11. The Morgan fingerprint density at radius 1 is 0.935 bits per heavy atom. The van der Waals surface area contributed by atoms with Gasteiger partial charge in [-0.25, -0.2) is 0 Å². The monoisotopic (exact) mass is 432 g/mol. The number of nitrogens with two attached hydrogens (primary N) is 1. The van der Waals surface area contributed by atoms with E-state index in [1.54, 1.807) is 13.8 Å². The molecular formula is C23H36N4O4. The number of piperidine rings is 2. The topological polar surface area (TPSA) is 97.1 Å². The van der Waals surface area contributed by atoms with Crippen molar-refractivity contribution in [2.45, 2.75) is 58.2 Å². The minimum atomic E-state index is 0.173.